The standard InChI is InChI=1S/C10H17N3O2S/c1-3-16(14,15)7-6-12-9(2)10-8-11-4-5-13-10/h4-5,8-9,12H,3,6-7H2,1-2H3. The number of hydrogen-bond acceptors (Lipinski definition) is 5. The average molecular weight is 243 g/mol. The van der Waals surface area contributed by atoms with E-state index in [1.165, 1.54) is 0 Å². The van der Waals surface area contributed by atoms with Gasteiger partial charge < -0.3 is 5.32 Å². The number of aromatic nitrogens is 2. The third kappa shape index (κ3) is 4.24. The summed E-state index contributed by atoms with van der Waals surface area (Å²) in [6, 6.07) is 0.0146. The summed E-state index contributed by atoms with van der Waals surface area (Å²) in [5.74, 6) is 0.350. The molecule has 0 spiro atoms. The second kappa shape index (κ2) is 5.91. The summed E-state index contributed by atoms with van der Waals surface area (Å²) < 4.78 is 22.5. The molecule has 1 atom stereocenters. The third-order valence-electron chi connectivity index (χ3n) is 2.33. The van der Waals surface area contributed by atoms with E-state index in [1.54, 1.807) is 25.5 Å². The molecule has 5 nitrogen and oxygen atoms in total. The van der Waals surface area contributed by atoms with Crippen molar-refractivity contribution in [2.45, 2.75) is 19.9 Å². The molecule has 6 heteroatoms. The average Bonchev–Trinajstić information content (AvgIpc) is 2.30. The summed E-state index contributed by atoms with van der Waals surface area (Å²) in [7, 11) is -2.90. The lowest BCUT2D eigenvalue weighted by Gasteiger charge is -2.12. The molecule has 0 aromatic carbocycles. The van der Waals surface area contributed by atoms with Gasteiger partial charge in [-0.2, -0.15) is 0 Å². The molecule has 1 heterocycles. The first-order valence-electron chi connectivity index (χ1n) is 5.25. The highest BCUT2D eigenvalue weighted by molar-refractivity contribution is 7.91. The van der Waals surface area contributed by atoms with Crippen molar-refractivity contribution >= 4 is 9.84 Å². The monoisotopic (exact) mass is 243 g/mol. The van der Waals surface area contributed by atoms with E-state index in [-0.39, 0.29) is 17.5 Å². The van der Waals surface area contributed by atoms with E-state index in [0.29, 0.717) is 6.54 Å². The maximum Gasteiger partial charge on any atom is 0.151 e. The molecule has 1 aromatic heterocycles. The highest BCUT2D eigenvalue weighted by Gasteiger charge is 2.09. The van der Waals surface area contributed by atoms with Gasteiger partial charge >= 0.3 is 0 Å². The fourth-order valence-corrected chi connectivity index (χ4v) is 1.93. The van der Waals surface area contributed by atoms with Crippen molar-refractivity contribution < 1.29 is 8.42 Å². The predicted octanol–water partition coefficient (Wildman–Crippen LogP) is 0.562. The van der Waals surface area contributed by atoms with Crippen LogP contribution in [-0.2, 0) is 9.84 Å². The largest absolute Gasteiger partial charge is 0.308 e. The van der Waals surface area contributed by atoms with Crippen LogP contribution in [0.2, 0.25) is 0 Å². The van der Waals surface area contributed by atoms with Gasteiger partial charge in [-0.05, 0) is 6.92 Å². The number of nitrogens with zero attached hydrogens (tertiary/aromatic N) is 2. The lowest BCUT2D eigenvalue weighted by molar-refractivity contribution is 0.564. The van der Waals surface area contributed by atoms with Gasteiger partial charge in [0.2, 0.25) is 0 Å². The molecule has 0 aliphatic rings. The molecule has 0 radical (unpaired) electrons. The van der Waals surface area contributed by atoms with Crippen molar-refractivity contribution in [2.24, 2.45) is 0 Å². The van der Waals surface area contributed by atoms with Crippen LogP contribution < -0.4 is 5.32 Å². The molecule has 0 saturated carbocycles. The second-order valence-electron chi connectivity index (χ2n) is 3.54. The van der Waals surface area contributed by atoms with Gasteiger partial charge in [-0.1, -0.05) is 6.92 Å². The zero-order valence-corrected chi connectivity index (χ0v) is 10.4. The molecular weight excluding hydrogens is 226 g/mol. The predicted molar refractivity (Wildman–Crippen MR) is 62.8 cm³/mol. The topological polar surface area (TPSA) is 72.0 Å². The van der Waals surface area contributed by atoms with Crippen LogP contribution in [0.4, 0.5) is 0 Å². The molecule has 0 fully saturated rings. The Morgan fingerprint density at radius 3 is 2.75 bits per heavy atom. The number of nitrogens with one attached hydrogen (secondary N) is 1. The first-order chi connectivity index (χ1) is 7.55. The van der Waals surface area contributed by atoms with Crippen LogP contribution in [0.5, 0.6) is 0 Å². The Balaban J connectivity index is 2.40. The summed E-state index contributed by atoms with van der Waals surface area (Å²) in [4.78, 5) is 8.10. The maximum absolute atomic E-state index is 11.2. The zero-order valence-electron chi connectivity index (χ0n) is 9.55. The van der Waals surface area contributed by atoms with Crippen molar-refractivity contribution in [1.82, 2.24) is 15.3 Å². The van der Waals surface area contributed by atoms with Gasteiger partial charge in [-0.15, -0.1) is 0 Å². The van der Waals surface area contributed by atoms with Crippen LogP contribution in [0.15, 0.2) is 18.6 Å². The molecule has 0 saturated heterocycles. The lowest BCUT2D eigenvalue weighted by Crippen LogP contribution is -2.26. The van der Waals surface area contributed by atoms with Crippen molar-refractivity contribution in [1.29, 1.82) is 0 Å². The van der Waals surface area contributed by atoms with E-state index >= 15 is 0 Å². The van der Waals surface area contributed by atoms with Gasteiger partial charge in [0, 0.05) is 36.9 Å². The number of hydrogen-bond donors (Lipinski definition) is 1. The van der Waals surface area contributed by atoms with Crippen LogP contribution in [0.3, 0.4) is 0 Å². The van der Waals surface area contributed by atoms with E-state index < -0.39 is 9.84 Å². The molecule has 90 valence electrons. The summed E-state index contributed by atoms with van der Waals surface area (Å²) in [6.45, 7) is 4.03. The lowest BCUT2D eigenvalue weighted by atomic mass is 10.2. The van der Waals surface area contributed by atoms with E-state index in [0.717, 1.165) is 5.69 Å². The fraction of sp³-hybridized carbons (Fsp3) is 0.600. The van der Waals surface area contributed by atoms with Crippen molar-refractivity contribution in [3.8, 4) is 0 Å². The van der Waals surface area contributed by atoms with Crippen LogP contribution >= 0.6 is 0 Å². The van der Waals surface area contributed by atoms with Gasteiger partial charge in [0.05, 0.1) is 11.4 Å². The molecule has 1 N–H and O–H groups in total. The molecule has 1 rings (SSSR count). The summed E-state index contributed by atoms with van der Waals surface area (Å²) in [6.07, 6.45) is 4.90. The SMILES string of the molecule is CCS(=O)(=O)CCNC(C)c1cnccn1. The van der Waals surface area contributed by atoms with Gasteiger partial charge in [0.1, 0.15) is 0 Å². The molecule has 0 bridgehead atoms. The van der Waals surface area contributed by atoms with Crippen molar-refractivity contribution in [3.05, 3.63) is 24.3 Å². The zero-order chi connectivity index (χ0) is 12.0. The van der Waals surface area contributed by atoms with Crippen LogP contribution in [0, 0.1) is 0 Å². The molecule has 0 aliphatic heterocycles. The number of rotatable bonds is 6. The first kappa shape index (κ1) is 13.1. The summed E-state index contributed by atoms with van der Waals surface area (Å²) in [5, 5.41) is 3.11. The summed E-state index contributed by atoms with van der Waals surface area (Å²) in [5.41, 5.74) is 0.816. The maximum atomic E-state index is 11.2. The summed E-state index contributed by atoms with van der Waals surface area (Å²) >= 11 is 0. The Hall–Kier alpha value is -1.01. The highest BCUT2D eigenvalue weighted by Crippen LogP contribution is 2.05. The van der Waals surface area contributed by atoms with Crippen molar-refractivity contribution in [2.75, 3.05) is 18.1 Å². The highest BCUT2D eigenvalue weighted by atomic mass is 32.2. The van der Waals surface area contributed by atoms with Gasteiger partial charge in [-0.3, -0.25) is 9.97 Å². The van der Waals surface area contributed by atoms with E-state index in [1.807, 2.05) is 6.92 Å². The van der Waals surface area contributed by atoms with Crippen LogP contribution in [0.25, 0.3) is 0 Å². The van der Waals surface area contributed by atoms with E-state index in [9.17, 15) is 8.42 Å². The molecule has 0 amide bonds. The van der Waals surface area contributed by atoms with Gasteiger partial charge in [0.15, 0.2) is 9.84 Å². The minimum atomic E-state index is -2.90. The minimum absolute atomic E-state index is 0.0146. The van der Waals surface area contributed by atoms with Gasteiger partial charge in [-0.25, -0.2) is 8.42 Å². The third-order valence-corrected chi connectivity index (χ3v) is 4.04. The van der Waals surface area contributed by atoms with Crippen molar-refractivity contribution in [3.63, 3.8) is 0 Å². The van der Waals surface area contributed by atoms with E-state index in [4.69, 9.17) is 0 Å². The second-order valence-corrected chi connectivity index (χ2v) is 6.02. The first-order valence-corrected chi connectivity index (χ1v) is 7.07. The Morgan fingerprint density at radius 2 is 2.19 bits per heavy atom. The molecule has 16 heavy (non-hydrogen) atoms. The molecule has 1 unspecified atom stereocenters. The molecule has 1 aromatic rings. The van der Waals surface area contributed by atoms with Crippen LogP contribution in [0.1, 0.15) is 25.6 Å². The fourth-order valence-electron chi connectivity index (χ4n) is 1.21. The van der Waals surface area contributed by atoms with E-state index in [2.05, 4.69) is 15.3 Å². The van der Waals surface area contributed by atoms with Crippen LogP contribution in [-0.4, -0.2) is 36.4 Å². The Labute approximate surface area is 96.2 Å². The Morgan fingerprint density at radius 1 is 1.44 bits per heavy atom. The molecule has 0 aliphatic carbocycles. The normalized spacial score (nSPS) is 13.6. The smallest absolute Gasteiger partial charge is 0.151 e. The quantitative estimate of drug-likeness (QED) is 0.790. The van der Waals surface area contributed by atoms with Gasteiger partial charge in [0.25, 0.3) is 0 Å². The number of sulfone groups is 1. The molecular formula is C10H17N3O2S. The Kier molecular flexibility index (Phi) is 4.82. The minimum Gasteiger partial charge on any atom is -0.308 e. The Bertz CT molecular complexity index is 405.